The molecule has 0 aromatic heterocycles. The second kappa shape index (κ2) is 6.33. The number of piperidine rings is 1. The smallest absolute Gasteiger partial charge is 0.321 e. The topological polar surface area (TPSA) is 70.7 Å². The Morgan fingerprint density at radius 2 is 1.81 bits per heavy atom. The van der Waals surface area contributed by atoms with Crippen LogP contribution in [0.2, 0.25) is 0 Å². The van der Waals surface area contributed by atoms with Gasteiger partial charge in [0.15, 0.2) is 5.72 Å². The quantitative estimate of drug-likeness (QED) is 0.826. The van der Waals surface area contributed by atoms with Crippen molar-refractivity contribution in [2.75, 3.05) is 18.4 Å². The maximum atomic E-state index is 12.9. The highest BCUT2D eigenvalue weighted by Gasteiger charge is 2.43. The van der Waals surface area contributed by atoms with E-state index in [-0.39, 0.29) is 17.8 Å². The zero-order valence-corrected chi connectivity index (χ0v) is 14.0. The van der Waals surface area contributed by atoms with Crippen molar-refractivity contribution in [2.45, 2.75) is 18.6 Å². The first-order chi connectivity index (χ1) is 12.5. The summed E-state index contributed by atoms with van der Waals surface area (Å²) in [5, 5.41) is 5.69. The van der Waals surface area contributed by atoms with Gasteiger partial charge in [-0.2, -0.15) is 0 Å². The van der Waals surface area contributed by atoms with Gasteiger partial charge in [0.1, 0.15) is 11.6 Å². The number of halogens is 1. The molecule has 2 aliphatic heterocycles. The number of carbonyl (C=O) groups excluding carboxylic acids is 2. The molecule has 0 saturated carbocycles. The van der Waals surface area contributed by atoms with Gasteiger partial charge in [0.2, 0.25) is 0 Å². The van der Waals surface area contributed by atoms with Crippen LogP contribution in [0, 0.1) is 5.82 Å². The van der Waals surface area contributed by atoms with Crippen LogP contribution < -0.4 is 15.4 Å². The maximum absolute atomic E-state index is 12.9. The number of para-hydroxylation sites is 1. The van der Waals surface area contributed by atoms with Crippen LogP contribution in [0.25, 0.3) is 0 Å². The predicted molar refractivity (Wildman–Crippen MR) is 93.5 cm³/mol. The Balaban J connectivity index is 1.40. The second-order valence-electron chi connectivity index (χ2n) is 6.47. The number of fused-ring (bicyclic) bond motifs is 1. The molecule has 2 N–H and O–H groups in total. The molecule has 1 spiro atoms. The normalized spacial score (nSPS) is 17.9. The Morgan fingerprint density at radius 1 is 1.12 bits per heavy atom. The van der Waals surface area contributed by atoms with E-state index in [2.05, 4.69) is 10.6 Å². The van der Waals surface area contributed by atoms with E-state index in [1.807, 2.05) is 6.07 Å². The monoisotopic (exact) mass is 355 g/mol. The van der Waals surface area contributed by atoms with Gasteiger partial charge in [-0.25, -0.2) is 9.18 Å². The standard InChI is InChI=1S/C19H18FN3O3/c20-13-5-7-14(8-6-13)21-18(25)23-11-9-19(10-12-23)22-17(24)15-3-1-2-4-16(15)26-19/h1-8H,9-12H2,(H,21,25)(H,22,24). The number of amides is 3. The Hall–Kier alpha value is -3.09. The van der Waals surface area contributed by atoms with Gasteiger partial charge < -0.3 is 20.3 Å². The summed E-state index contributed by atoms with van der Waals surface area (Å²) in [5.41, 5.74) is 0.278. The van der Waals surface area contributed by atoms with E-state index in [1.54, 1.807) is 23.1 Å². The highest BCUT2D eigenvalue weighted by molar-refractivity contribution is 5.98. The number of likely N-dealkylation sites (tertiary alicyclic amines) is 1. The van der Waals surface area contributed by atoms with Gasteiger partial charge in [0, 0.05) is 31.6 Å². The fourth-order valence-corrected chi connectivity index (χ4v) is 3.29. The van der Waals surface area contributed by atoms with Crippen LogP contribution in [0.1, 0.15) is 23.2 Å². The molecular formula is C19H18FN3O3. The molecule has 0 atom stereocenters. The number of nitrogens with one attached hydrogen (secondary N) is 2. The highest BCUT2D eigenvalue weighted by Crippen LogP contribution is 2.33. The first kappa shape index (κ1) is 16.4. The molecular weight excluding hydrogens is 337 g/mol. The van der Waals surface area contributed by atoms with E-state index in [4.69, 9.17) is 4.74 Å². The first-order valence-electron chi connectivity index (χ1n) is 8.47. The number of hydrogen-bond acceptors (Lipinski definition) is 3. The van der Waals surface area contributed by atoms with Crippen LogP contribution >= 0.6 is 0 Å². The van der Waals surface area contributed by atoms with E-state index in [9.17, 15) is 14.0 Å². The van der Waals surface area contributed by atoms with E-state index in [0.29, 0.717) is 42.9 Å². The van der Waals surface area contributed by atoms with E-state index >= 15 is 0 Å². The van der Waals surface area contributed by atoms with Crippen molar-refractivity contribution >= 4 is 17.6 Å². The van der Waals surface area contributed by atoms with Crippen molar-refractivity contribution in [3.05, 3.63) is 59.9 Å². The summed E-state index contributed by atoms with van der Waals surface area (Å²) in [7, 11) is 0. The van der Waals surface area contributed by atoms with Gasteiger partial charge in [-0.15, -0.1) is 0 Å². The lowest BCUT2D eigenvalue weighted by Crippen LogP contribution is -2.61. The molecule has 2 aromatic rings. The molecule has 3 amide bonds. The average molecular weight is 355 g/mol. The SMILES string of the molecule is O=C1NC2(CCN(C(=O)Nc3ccc(F)cc3)CC2)Oc2ccccc21. The van der Waals surface area contributed by atoms with Gasteiger partial charge in [-0.05, 0) is 36.4 Å². The van der Waals surface area contributed by atoms with Crippen LogP contribution in [-0.2, 0) is 0 Å². The Labute approximate surface area is 149 Å². The van der Waals surface area contributed by atoms with Crippen LogP contribution in [0.15, 0.2) is 48.5 Å². The Bertz CT molecular complexity index is 845. The van der Waals surface area contributed by atoms with Crippen molar-refractivity contribution < 1.29 is 18.7 Å². The molecule has 134 valence electrons. The molecule has 2 aromatic carbocycles. The summed E-state index contributed by atoms with van der Waals surface area (Å²) in [4.78, 5) is 26.4. The van der Waals surface area contributed by atoms with Crippen LogP contribution in [0.5, 0.6) is 5.75 Å². The van der Waals surface area contributed by atoms with Gasteiger partial charge in [-0.1, -0.05) is 12.1 Å². The summed E-state index contributed by atoms with van der Waals surface area (Å²) in [6.45, 7) is 0.880. The first-order valence-corrected chi connectivity index (χ1v) is 8.47. The summed E-state index contributed by atoms with van der Waals surface area (Å²) in [6, 6.07) is 12.5. The third-order valence-electron chi connectivity index (χ3n) is 4.73. The molecule has 0 bridgehead atoms. The predicted octanol–water partition coefficient (Wildman–Crippen LogP) is 2.97. The molecule has 0 unspecified atom stereocenters. The molecule has 4 rings (SSSR count). The van der Waals surface area contributed by atoms with Gasteiger partial charge in [0.05, 0.1) is 5.56 Å². The van der Waals surface area contributed by atoms with Crippen molar-refractivity contribution in [3.63, 3.8) is 0 Å². The maximum Gasteiger partial charge on any atom is 0.321 e. The lowest BCUT2D eigenvalue weighted by Gasteiger charge is -2.44. The second-order valence-corrected chi connectivity index (χ2v) is 6.47. The van der Waals surface area contributed by atoms with E-state index in [0.717, 1.165) is 0 Å². The van der Waals surface area contributed by atoms with Crippen LogP contribution in [0.4, 0.5) is 14.9 Å². The fraction of sp³-hybridized carbons (Fsp3) is 0.263. The lowest BCUT2D eigenvalue weighted by molar-refractivity contribution is -0.0203. The number of ether oxygens (including phenoxy) is 1. The number of benzene rings is 2. The third kappa shape index (κ3) is 3.08. The number of rotatable bonds is 1. The minimum atomic E-state index is -0.780. The molecule has 6 nitrogen and oxygen atoms in total. The molecule has 2 aliphatic rings. The van der Waals surface area contributed by atoms with Gasteiger partial charge >= 0.3 is 6.03 Å². The van der Waals surface area contributed by atoms with Crippen LogP contribution in [-0.4, -0.2) is 35.7 Å². The van der Waals surface area contributed by atoms with Crippen molar-refractivity contribution in [3.8, 4) is 5.75 Å². The molecule has 0 aliphatic carbocycles. The molecule has 2 heterocycles. The van der Waals surface area contributed by atoms with Crippen LogP contribution in [0.3, 0.4) is 0 Å². The Kier molecular flexibility index (Phi) is 3.99. The minimum Gasteiger partial charge on any atom is -0.467 e. The van der Waals surface area contributed by atoms with Crippen molar-refractivity contribution in [2.24, 2.45) is 0 Å². The molecule has 26 heavy (non-hydrogen) atoms. The van der Waals surface area contributed by atoms with Gasteiger partial charge in [-0.3, -0.25) is 4.79 Å². The minimum absolute atomic E-state index is 0.156. The van der Waals surface area contributed by atoms with E-state index < -0.39 is 5.72 Å². The lowest BCUT2D eigenvalue weighted by atomic mass is 9.97. The number of urea groups is 1. The fourth-order valence-electron chi connectivity index (χ4n) is 3.29. The number of anilines is 1. The molecule has 1 fully saturated rings. The Morgan fingerprint density at radius 3 is 2.54 bits per heavy atom. The number of hydrogen-bond donors (Lipinski definition) is 2. The number of nitrogens with zero attached hydrogens (tertiary/aromatic N) is 1. The zero-order valence-electron chi connectivity index (χ0n) is 14.0. The summed E-state index contributed by atoms with van der Waals surface area (Å²) < 4.78 is 19.0. The summed E-state index contributed by atoms with van der Waals surface area (Å²) >= 11 is 0. The van der Waals surface area contributed by atoms with Gasteiger partial charge in [0.25, 0.3) is 5.91 Å². The molecule has 0 radical (unpaired) electrons. The largest absolute Gasteiger partial charge is 0.467 e. The highest BCUT2D eigenvalue weighted by atomic mass is 19.1. The zero-order chi connectivity index (χ0) is 18.1. The van der Waals surface area contributed by atoms with E-state index in [1.165, 1.54) is 24.3 Å². The van der Waals surface area contributed by atoms with Crippen molar-refractivity contribution in [1.29, 1.82) is 0 Å². The molecule has 7 heteroatoms. The van der Waals surface area contributed by atoms with Crippen molar-refractivity contribution in [1.82, 2.24) is 10.2 Å². The number of carbonyl (C=O) groups is 2. The summed E-state index contributed by atoms with van der Waals surface area (Å²) in [6.07, 6.45) is 0.980. The average Bonchev–Trinajstić information content (AvgIpc) is 2.64. The third-order valence-corrected chi connectivity index (χ3v) is 4.73. The molecule has 1 saturated heterocycles. The summed E-state index contributed by atoms with van der Waals surface area (Å²) in [5.74, 6) is 0.0601.